The van der Waals surface area contributed by atoms with Crippen LogP contribution in [0.1, 0.15) is 49.4 Å². The number of carbonyl (C=O) groups is 1. The van der Waals surface area contributed by atoms with Crippen molar-refractivity contribution >= 4 is 23.7 Å². The summed E-state index contributed by atoms with van der Waals surface area (Å²) in [6, 6.07) is 13.3. The Morgan fingerprint density at radius 2 is 1.97 bits per heavy atom. The summed E-state index contributed by atoms with van der Waals surface area (Å²) in [7, 11) is 1.60. The van der Waals surface area contributed by atoms with Gasteiger partial charge in [0.2, 0.25) is 11.1 Å². The van der Waals surface area contributed by atoms with E-state index in [4.69, 9.17) is 19.3 Å². The maximum absolute atomic E-state index is 13.2. The first-order valence-corrected chi connectivity index (χ1v) is 13.6. The van der Waals surface area contributed by atoms with Gasteiger partial charge in [-0.15, -0.1) is 5.10 Å². The van der Waals surface area contributed by atoms with Gasteiger partial charge in [-0.25, -0.2) is 9.48 Å². The average molecular weight is 535 g/mol. The van der Waals surface area contributed by atoms with Crippen LogP contribution in [0.15, 0.2) is 71.5 Å². The molecule has 1 unspecified atom stereocenters. The highest BCUT2D eigenvalue weighted by Gasteiger charge is 2.35. The average Bonchev–Trinajstić information content (AvgIpc) is 3.32. The number of anilines is 1. The number of thioether (sulfide) groups is 1. The van der Waals surface area contributed by atoms with Crippen LogP contribution < -0.4 is 14.8 Å². The molecule has 200 valence electrons. The van der Waals surface area contributed by atoms with Gasteiger partial charge >= 0.3 is 5.97 Å². The molecule has 1 aliphatic rings. The molecule has 9 heteroatoms. The van der Waals surface area contributed by atoms with Crippen molar-refractivity contribution in [2.45, 2.75) is 51.4 Å². The molecule has 2 heterocycles. The fourth-order valence-electron chi connectivity index (χ4n) is 4.10. The topological polar surface area (TPSA) is 87.5 Å². The molecule has 1 aromatic heterocycles. The number of unbranched alkanes of at least 4 members (excludes halogenated alkanes) is 1. The van der Waals surface area contributed by atoms with Crippen molar-refractivity contribution in [3.63, 3.8) is 0 Å². The van der Waals surface area contributed by atoms with Crippen molar-refractivity contribution in [1.82, 2.24) is 14.8 Å². The molecule has 0 amide bonds. The SMILES string of the molecule is C=CCOC(=O)C1=C(C)Nc2nc(SCCCC)nn2C1c1ccc(OCc2ccc(C)cc2)c(OC)c1. The number of rotatable bonds is 12. The molecule has 2 aromatic carbocycles. The molecule has 0 radical (unpaired) electrons. The number of nitrogens with zero attached hydrogens (tertiary/aromatic N) is 3. The Kier molecular flexibility index (Phi) is 9.12. The summed E-state index contributed by atoms with van der Waals surface area (Å²) in [5, 5.41) is 8.65. The largest absolute Gasteiger partial charge is 0.493 e. The fourth-order valence-corrected chi connectivity index (χ4v) is 5.02. The van der Waals surface area contributed by atoms with Crippen LogP contribution in [0.4, 0.5) is 5.95 Å². The minimum Gasteiger partial charge on any atom is -0.493 e. The third kappa shape index (κ3) is 6.22. The molecule has 0 saturated heterocycles. The van der Waals surface area contributed by atoms with Crippen molar-refractivity contribution in [3.8, 4) is 11.5 Å². The van der Waals surface area contributed by atoms with Crippen LogP contribution in [0, 0.1) is 6.92 Å². The van der Waals surface area contributed by atoms with Crippen molar-refractivity contribution in [1.29, 1.82) is 0 Å². The molecule has 0 bridgehead atoms. The minimum absolute atomic E-state index is 0.111. The number of aromatic nitrogens is 3. The van der Waals surface area contributed by atoms with Crippen LogP contribution in [-0.4, -0.2) is 40.2 Å². The smallest absolute Gasteiger partial charge is 0.338 e. The van der Waals surface area contributed by atoms with Gasteiger partial charge in [0.05, 0.1) is 12.7 Å². The first-order chi connectivity index (χ1) is 18.4. The van der Waals surface area contributed by atoms with E-state index >= 15 is 0 Å². The van der Waals surface area contributed by atoms with E-state index in [-0.39, 0.29) is 6.61 Å². The van der Waals surface area contributed by atoms with Crippen LogP contribution in [0.5, 0.6) is 11.5 Å². The number of esters is 1. The second-order valence-electron chi connectivity index (χ2n) is 9.00. The molecule has 38 heavy (non-hydrogen) atoms. The molecule has 1 N–H and O–H groups in total. The maximum atomic E-state index is 13.2. The number of hydrogen-bond acceptors (Lipinski definition) is 8. The van der Waals surface area contributed by atoms with Crippen LogP contribution in [0.25, 0.3) is 0 Å². The highest BCUT2D eigenvalue weighted by molar-refractivity contribution is 7.99. The van der Waals surface area contributed by atoms with E-state index in [0.29, 0.717) is 40.5 Å². The zero-order valence-corrected chi connectivity index (χ0v) is 23.1. The van der Waals surface area contributed by atoms with Gasteiger partial charge in [0.15, 0.2) is 11.5 Å². The first kappa shape index (κ1) is 27.3. The summed E-state index contributed by atoms with van der Waals surface area (Å²) in [4.78, 5) is 17.9. The molecule has 4 rings (SSSR count). The molecular formula is C29H34N4O4S. The van der Waals surface area contributed by atoms with Gasteiger partial charge in [-0.3, -0.25) is 0 Å². The number of aryl methyl sites for hydroxylation is 1. The first-order valence-electron chi connectivity index (χ1n) is 12.7. The van der Waals surface area contributed by atoms with E-state index in [1.54, 1.807) is 29.6 Å². The van der Waals surface area contributed by atoms with Crippen LogP contribution >= 0.6 is 11.8 Å². The number of allylic oxidation sites excluding steroid dienone is 1. The quantitative estimate of drug-likeness (QED) is 0.129. The predicted octanol–water partition coefficient (Wildman–Crippen LogP) is 6.08. The number of carbonyl (C=O) groups excluding carboxylic acids is 1. The Morgan fingerprint density at radius 3 is 2.68 bits per heavy atom. The molecule has 0 aliphatic carbocycles. The number of methoxy groups -OCH3 is 1. The molecule has 0 fully saturated rings. The van der Waals surface area contributed by atoms with Gasteiger partial charge in [-0.1, -0.05) is 73.7 Å². The Labute approximate surface area is 228 Å². The molecule has 1 atom stereocenters. The maximum Gasteiger partial charge on any atom is 0.338 e. The summed E-state index contributed by atoms with van der Waals surface area (Å²) in [5.41, 5.74) is 4.17. The second kappa shape index (κ2) is 12.7. The Balaban J connectivity index is 1.68. The van der Waals surface area contributed by atoms with E-state index in [1.165, 1.54) is 5.56 Å². The fraction of sp³-hybridized carbons (Fsp3) is 0.345. The lowest BCUT2D eigenvalue weighted by Crippen LogP contribution is -2.29. The standard InChI is InChI=1S/C29H34N4O4S/c1-6-8-16-38-29-31-28-30-20(4)25(27(34)36-15-7-2)26(33(28)32-29)22-13-14-23(24(17-22)35-5)37-18-21-11-9-19(3)10-12-21/h7,9-14,17,26H,2,6,8,15-16,18H2,1,3-5H3,(H,30,31,32). The third-order valence-electron chi connectivity index (χ3n) is 6.13. The number of hydrogen-bond donors (Lipinski definition) is 1. The molecule has 0 spiro atoms. The minimum atomic E-state index is -0.559. The summed E-state index contributed by atoms with van der Waals surface area (Å²) in [6.07, 6.45) is 3.72. The summed E-state index contributed by atoms with van der Waals surface area (Å²) in [5.74, 6) is 2.22. The van der Waals surface area contributed by atoms with Crippen LogP contribution in [0.3, 0.4) is 0 Å². The summed E-state index contributed by atoms with van der Waals surface area (Å²) in [6.45, 7) is 10.2. The zero-order chi connectivity index (χ0) is 27.1. The van der Waals surface area contributed by atoms with Crippen LogP contribution in [-0.2, 0) is 16.1 Å². The Morgan fingerprint density at radius 1 is 1.18 bits per heavy atom. The van der Waals surface area contributed by atoms with Crippen molar-refractivity contribution in [3.05, 3.63) is 83.1 Å². The summed E-state index contributed by atoms with van der Waals surface area (Å²) >= 11 is 1.60. The van der Waals surface area contributed by atoms with E-state index in [0.717, 1.165) is 29.7 Å². The van der Waals surface area contributed by atoms with E-state index < -0.39 is 12.0 Å². The van der Waals surface area contributed by atoms with Gasteiger partial charge in [0.1, 0.15) is 19.3 Å². The lowest BCUT2D eigenvalue weighted by Gasteiger charge is -2.28. The second-order valence-corrected chi connectivity index (χ2v) is 10.1. The Hall–Kier alpha value is -3.72. The van der Waals surface area contributed by atoms with E-state index in [2.05, 4.69) is 42.9 Å². The monoisotopic (exact) mass is 534 g/mol. The molecular weight excluding hydrogens is 500 g/mol. The van der Waals surface area contributed by atoms with Gasteiger partial charge in [0.25, 0.3) is 0 Å². The molecule has 0 saturated carbocycles. The van der Waals surface area contributed by atoms with Crippen molar-refractivity contribution in [2.24, 2.45) is 0 Å². The van der Waals surface area contributed by atoms with E-state index in [1.807, 2.05) is 37.3 Å². The zero-order valence-electron chi connectivity index (χ0n) is 22.3. The number of fused-ring (bicyclic) bond motifs is 1. The number of benzene rings is 2. The normalized spacial score (nSPS) is 14.5. The van der Waals surface area contributed by atoms with E-state index in [9.17, 15) is 4.79 Å². The molecule has 8 nitrogen and oxygen atoms in total. The van der Waals surface area contributed by atoms with Gasteiger partial charge in [-0.2, -0.15) is 4.98 Å². The lowest BCUT2D eigenvalue weighted by atomic mass is 9.95. The molecule has 3 aromatic rings. The van der Waals surface area contributed by atoms with Gasteiger partial charge < -0.3 is 19.5 Å². The predicted molar refractivity (Wildman–Crippen MR) is 150 cm³/mol. The van der Waals surface area contributed by atoms with Crippen molar-refractivity contribution < 1.29 is 19.0 Å². The summed E-state index contributed by atoms with van der Waals surface area (Å²) < 4.78 is 19.0. The van der Waals surface area contributed by atoms with Gasteiger partial charge in [-0.05, 0) is 43.5 Å². The third-order valence-corrected chi connectivity index (χ3v) is 7.06. The Bertz CT molecular complexity index is 1320. The highest BCUT2D eigenvalue weighted by Crippen LogP contribution is 2.40. The lowest BCUT2D eigenvalue weighted by molar-refractivity contribution is -0.138. The van der Waals surface area contributed by atoms with Crippen LogP contribution in [0.2, 0.25) is 0 Å². The highest BCUT2D eigenvalue weighted by atomic mass is 32.2. The molecule has 1 aliphatic heterocycles. The van der Waals surface area contributed by atoms with Crippen molar-refractivity contribution in [2.75, 3.05) is 24.8 Å². The van der Waals surface area contributed by atoms with Gasteiger partial charge in [0, 0.05) is 11.4 Å². The number of ether oxygens (including phenoxy) is 3. The number of nitrogens with one attached hydrogen (secondary N) is 1.